The summed E-state index contributed by atoms with van der Waals surface area (Å²) in [6.07, 6.45) is 2.59. The molecule has 1 unspecified atom stereocenters. The summed E-state index contributed by atoms with van der Waals surface area (Å²) in [5, 5.41) is 5.92. The molecule has 2 aliphatic rings. The number of carbonyl (C=O) groups is 2. The van der Waals surface area contributed by atoms with Crippen molar-refractivity contribution in [3.8, 4) is 0 Å². The minimum Gasteiger partial charge on any atom is -0.384 e. The highest BCUT2D eigenvalue weighted by Crippen LogP contribution is 2.26. The third-order valence-electron chi connectivity index (χ3n) is 4.12. The van der Waals surface area contributed by atoms with Crippen LogP contribution in [0.3, 0.4) is 0 Å². The maximum atomic E-state index is 12.6. The van der Waals surface area contributed by atoms with Gasteiger partial charge in [0.1, 0.15) is 6.04 Å². The zero-order chi connectivity index (χ0) is 14.1. The van der Waals surface area contributed by atoms with Gasteiger partial charge >= 0.3 is 0 Å². The molecule has 5 nitrogen and oxygen atoms in total. The number of likely N-dealkylation sites (tertiary alicyclic amines) is 1. The standard InChI is InChI=1S/C15H19N3O2/c1-16-14(19)13-3-2-8-18(13)15(20)11-4-5-12-10(9-11)6-7-17-12/h4-5,9,13,17H,2-3,6-8H2,1H3,(H,16,19). The van der Waals surface area contributed by atoms with Gasteiger partial charge < -0.3 is 15.5 Å². The fraction of sp³-hybridized carbons (Fsp3) is 0.467. The first-order valence-electron chi connectivity index (χ1n) is 7.10. The van der Waals surface area contributed by atoms with Gasteiger partial charge in [-0.3, -0.25) is 9.59 Å². The van der Waals surface area contributed by atoms with Crippen molar-refractivity contribution in [2.45, 2.75) is 25.3 Å². The Morgan fingerprint density at radius 2 is 2.25 bits per heavy atom. The molecule has 3 rings (SSSR count). The van der Waals surface area contributed by atoms with Gasteiger partial charge in [0, 0.05) is 31.4 Å². The first kappa shape index (κ1) is 13.0. The van der Waals surface area contributed by atoms with Crippen LogP contribution < -0.4 is 10.6 Å². The molecule has 0 spiro atoms. The summed E-state index contributed by atoms with van der Waals surface area (Å²) >= 11 is 0. The van der Waals surface area contributed by atoms with E-state index in [-0.39, 0.29) is 17.9 Å². The molecule has 2 N–H and O–H groups in total. The van der Waals surface area contributed by atoms with Crippen LogP contribution in [0, 0.1) is 0 Å². The van der Waals surface area contributed by atoms with Crippen molar-refractivity contribution in [2.75, 3.05) is 25.5 Å². The van der Waals surface area contributed by atoms with Crippen molar-refractivity contribution in [3.63, 3.8) is 0 Å². The number of hydrogen-bond donors (Lipinski definition) is 2. The van der Waals surface area contributed by atoms with Gasteiger partial charge in [-0.15, -0.1) is 0 Å². The molecular formula is C15H19N3O2. The van der Waals surface area contributed by atoms with Crippen LogP contribution >= 0.6 is 0 Å². The zero-order valence-electron chi connectivity index (χ0n) is 11.6. The average molecular weight is 273 g/mol. The minimum atomic E-state index is -0.320. The molecule has 1 aromatic carbocycles. The number of benzene rings is 1. The number of nitrogens with zero attached hydrogens (tertiary/aromatic N) is 1. The fourth-order valence-electron chi connectivity index (χ4n) is 3.05. The van der Waals surface area contributed by atoms with E-state index in [1.165, 1.54) is 5.56 Å². The van der Waals surface area contributed by atoms with Crippen LogP contribution in [-0.2, 0) is 11.2 Å². The molecule has 106 valence electrons. The number of amides is 2. The second-order valence-corrected chi connectivity index (χ2v) is 5.32. The highest BCUT2D eigenvalue weighted by molar-refractivity contribution is 5.98. The molecule has 0 aromatic heterocycles. The van der Waals surface area contributed by atoms with E-state index in [0.29, 0.717) is 12.1 Å². The number of anilines is 1. The number of likely N-dealkylation sites (N-methyl/N-ethyl adjacent to an activating group) is 1. The summed E-state index contributed by atoms with van der Waals surface area (Å²) in [5.74, 6) is -0.107. The number of carbonyl (C=O) groups excluding carboxylic acids is 2. The van der Waals surface area contributed by atoms with Crippen molar-refractivity contribution in [1.82, 2.24) is 10.2 Å². The van der Waals surface area contributed by atoms with Crippen molar-refractivity contribution < 1.29 is 9.59 Å². The first-order chi connectivity index (χ1) is 9.70. The Hall–Kier alpha value is -2.04. The van der Waals surface area contributed by atoms with E-state index in [4.69, 9.17) is 0 Å². The van der Waals surface area contributed by atoms with E-state index < -0.39 is 0 Å². The summed E-state index contributed by atoms with van der Waals surface area (Å²) in [4.78, 5) is 26.1. The summed E-state index contributed by atoms with van der Waals surface area (Å²) in [5.41, 5.74) is 2.99. The van der Waals surface area contributed by atoms with Crippen molar-refractivity contribution in [2.24, 2.45) is 0 Å². The summed E-state index contributed by atoms with van der Waals surface area (Å²) in [6.45, 7) is 1.59. The van der Waals surface area contributed by atoms with E-state index >= 15 is 0 Å². The topological polar surface area (TPSA) is 61.4 Å². The van der Waals surface area contributed by atoms with Gasteiger partial charge in [0.25, 0.3) is 5.91 Å². The number of fused-ring (bicyclic) bond motifs is 1. The van der Waals surface area contributed by atoms with E-state index in [0.717, 1.165) is 31.5 Å². The maximum Gasteiger partial charge on any atom is 0.254 e. The Balaban J connectivity index is 1.83. The Morgan fingerprint density at radius 1 is 1.40 bits per heavy atom. The van der Waals surface area contributed by atoms with E-state index in [1.54, 1.807) is 11.9 Å². The zero-order valence-corrected chi connectivity index (χ0v) is 11.6. The van der Waals surface area contributed by atoms with Crippen LogP contribution in [0.4, 0.5) is 5.69 Å². The average Bonchev–Trinajstić information content (AvgIpc) is 3.13. The van der Waals surface area contributed by atoms with Gasteiger partial charge in [-0.1, -0.05) is 0 Å². The van der Waals surface area contributed by atoms with E-state index in [1.807, 2.05) is 18.2 Å². The molecule has 0 aliphatic carbocycles. The third-order valence-corrected chi connectivity index (χ3v) is 4.12. The molecule has 2 heterocycles. The Labute approximate surface area is 118 Å². The van der Waals surface area contributed by atoms with Gasteiger partial charge in [0.2, 0.25) is 5.91 Å². The molecular weight excluding hydrogens is 254 g/mol. The van der Waals surface area contributed by atoms with Crippen molar-refractivity contribution >= 4 is 17.5 Å². The monoisotopic (exact) mass is 273 g/mol. The lowest BCUT2D eigenvalue weighted by Crippen LogP contribution is -2.44. The van der Waals surface area contributed by atoms with Crippen LogP contribution in [0.5, 0.6) is 0 Å². The van der Waals surface area contributed by atoms with Gasteiger partial charge in [-0.25, -0.2) is 0 Å². The number of nitrogens with one attached hydrogen (secondary N) is 2. The van der Waals surface area contributed by atoms with Gasteiger partial charge in [-0.05, 0) is 43.0 Å². The molecule has 2 aliphatic heterocycles. The Bertz CT molecular complexity index is 556. The summed E-state index contributed by atoms with van der Waals surface area (Å²) < 4.78 is 0. The van der Waals surface area contributed by atoms with E-state index in [2.05, 4.69) is 10.6 Å². The first-order valence-corrected chi connectivity index (χ1v) is 7.10. The molecule has 2 amide bonds. The van der Waals surface area contributed by atoms with Gasteiger partial charge in [-0.2, -0.15) is 0 Å². The Morgan fingerprint density at radius 3 is 3.05 bits per heavy atom. The molecule has 20 heavy (non-hydrogen) atoms. The minimum absolute atomic E-state index is 0.0363. The van der Waals surface area contributed by atoms with Crippen molar-refractivity contribution in [3.05, 3.63) is 29.3 Å². The molecule has 1 fully saturated rings. The van der Waals surface area contributed by atoms with Crippen LogP contribution in [0.2, 0.25) is 0 Å². The molecule has 1 atom stereocenters. The highest BCUT2D eigenvalue weighted by atomic mass is 16.2. The third kappa shape index (κ3) is 2.13. The lowest BCUT2D eigenvalue weighted by atomic mass is 10.1. The Kier molecular flexibility index (Phi) is 3.34. The molecule has 0 radical (unpaired) electrons. The molecule has 1 aromatic rings. The maximum absolute atomic E-state index is 12.6. The molecule has 5 heteroatoms. The predicted molar refractivity (Wildman–Crippen MR) is 76.8 cm³/mol. The van der Waals surface area contributed by atoms with Crippen LogP contribution in [-0.4, -0.2) is 42.9 Å². The highest BCUT2D eigenvalue weighted by Gasteiger charge is 2.34. The lowest BCUT2D eigenvalue weighted by molar-refractivity contribution is -0.124. The van der Waals surface area contributed by atoms with Crippen LogP contribution in [0.25, 0.3) is 0 Å². The van der Waals surface area contributed by atoms with Crippen molar-refractivity contribution in [1.29, 1.82) is 0 Å². The second-order valence-electron chi connectivity index (χ2n) is 5.32. The van der Waals surface area contributed by atoms with Crippen LogP contribution in [0.15, 0.2) is 18.2 Å². The second kappa shape index (κ2) is 5.15. The largest absolute Gasteiger partial charge is 0.384 e. The molecule has 1 saturated heterocycles. The molecule has 0 bridgehead atoms. The quantitative estimate of drug-likeness (QED) is 0.845. The lowest BCUT2D eigenvalue weighted by Gasteiger charge is -2.23. The summed E-state index contributed by atoms with van der Waals surface area (Å²) in [6, 6.07) is 5.44. The van der Waals surface area contributed by atoms with E-state index in [9.17, 15) is 9.59 Å². The summed E-state index contributed by atoms with van der Waals surface area (Å²) in [7, 11) is 1.62. The van der Waals surface area contributed by atoms with Crippen LogP contribution in [0.1, 0.15) is 28.8 Å². The predicted octanol–water partition coefficient (Wildman–Crippen LogP) is 1.01. The molecule has 0 saturated carbocycles. The van der Waals surface area contributed by atoms with Gasteiger partial charge in [0.15, 0.2) is 0 Å². The number of hydrogen-bond acceptors (Lipinski definition) is 3. The van der Waals surface area contributed by atoms with Gasteiger partial charge in [0.05, 0.1) is 0 Å². The normalized spacial score (nSPS) is 20.4. The SMILES string of the molecule is CNC(=O)C1CCCN1C(=O)c1ccc2c(c1)CCN2. The smallest absolute Gasteiger partial charge is 0.254 e. The fourth-order valence-corrected chi connectivity index (χ4v) is 3.05. The number of rotatable bonds is 2.